The lowest BCUT2D eigenvalue weighted by Crippen LogP contribution is -2.40. The lowest BCUT2D eigenvalue weighted by atomic mass is 10.0. The number of aryl methyl sites for hydroxylation is 3. The summed E-state index contributed by atoms with van der Waals surface area (Å²) >= 11 is 0. The standard InChI is InChI=1S/C16H22N2O3/c1-9-7-10(2)14(11(3)8-9)17-16(21)18-6-5-13(12(18)4)15(19)20/h7-8,12-13H,5-6H2,1-4H3,(H,17,21)(H,19,20). The predicted molar refractivity (Wildman–Crippen MR) is 81.6 cm³/mol. The Labute approximate surface area is 125 Å². The number of carbonyl (C=O) groups excluding carboxylic acids is 1. The first kappa shape index (κ1) is 15.4. The fourth-order valence-corrected chi connectivity index (χ4v) is 3.11. The summed E-state index contributed by atoms with van der Waals surface area (Å²) in [5.74, 6) is -1.31. The van der Waals surface area contributed by atoms with E-state index in [0.717, 1.165) is 22.4 Å². The number of anilines is 1. The van der Waals surface area contributed by atoms with Crippen LogP contribution >= 0.6 is 0 Å². The van der Waals surface area contributed by atoms with E-state index < -0.39 is 11.9 Å². The maximum absolute atomic E-state index is 12.4. The average molecular weight is 290 g/mol. The van der Waals surface area contributed by atoms with Gasteiger partial charge in [0.05, 0.1) is 5.92 Å². The number of rotatable bonds is 2. The van der Waals surface area contributed by atoms with E-state index in [1.54, 1.807) is 11.8 Å². The van der Waals surface area contributed by atoms with E-state index in [1.807, 2.05) is 32.9 Å². The van der Waals surface area contributed by atoms with Gasteiger partial charge in [-0.25, -0.2) is 4.79 Å². The summed E-state index contributed by atoms with van der Waals surface area (Å²) in [6.07, 6.45) is 0.510. The number of likely N-dealkylation sites (tertiary alicyclic amines) is 1. The van der Waals surface area contributed by atoms with Crippen LogP contribution in [0.5, 0.6) is 0 Å². The highest BCUT2D eigenvalue weighted by atomic mass is 16.4. The smallest absolute Gasteiger partial charge is 0.322 e. The second-order valence-corrected chi connectivity index (χ2v) is 5.87. The highest BCUT2D eigenvalue weighted by Crippen LogP contribution is 2.27. The number of nitrogens with zero attached hydrogens (tertiary/aromatic N) is 1. The molecule has 114 valence electrons. The molecule has 2 rings (SSSR count). The van der Waals surface area contributed by atoms with Crippen molar-refractivity contribution in [2.24, 2.45) is 5.92 Å². The van der Waals surface area contributed by atoms with Crippen LogP contribution in [-0.2, 0) is 4.79 Å². The summed E-state index contributed by atoms with van der Waals surface area (Å²) in [4.78, 5) is 25.1. The molecule has 1 heterocycles. The van der Waals surface area contributed by atoms with Crippen LogP contribution in [0.15, 0.2) is 12.1 Å². The van der Waals surface area contributed by atoms with Crippen molar-refractivity contribution in [2.75, 3.05) is 11.9 Å². The van der Waals surface area contributed by atoms with Crippen LogP contribution in [0.4, 0.5) is 10.5 Å². The highest BCUT2D eigenvalue weighted by molar-refractivity contribution is 5.92. The van der Waals surface area contributed by atoms with Crippen LogP contribution < -0.4 is 5.32 Å². The van der Waals surface area contributed by atoms with Gasteiger partial charge in [-0.2, -0.15) is 0 Å². The zero-order valence-electron chi connectivity index (χ0n) is 12.9. The average Bonchev–Trinajstić information content (AvgIpc) is 2.75. The Morgan fingerprint density at radius 1 is 1.24 bits per heavy atom. The number of benzene rings is 1. The van der Waals surface area contributed by atoms with E-state index in [0.29, 0.717) is 13.0 Å². The van der Waals surface area contributed by atoms with E-state index >= 15 is 0 Å². The van der Waals surface area contributed by atoms with Crippen molar-refractivity contribution in [1.29, 1.82) is 0 Å². The molecule has 5 heteroatoms. The molecule has 1 aliphatic rings. The lowest BCUT2D eigenvalue weighted by molar-refractivity contribution is -0.142. The zero-order valence-corrected chi connectivity index (χ0v) is 12.9. The fourth-order valence-electron chi connectivity index (χ4n) is 3.11. The largest absolute Gasteiger partial charge is 0.481 e. The molecule has 0 aromatic heterocycles. The number of aliphatic carboxylic acids is 1. The maximum Gasteiger partial charge on any atom is 0.322 e. The molecule has 5 nitrogen and oxygen atoms in total. The first-order chi connectivity index (χ1) is 9.81. The number of hydrogen-bond donors (Lipinski definition) is 2. The van der Waals surface area contributed by atoms with Crippen molar-refractivity contribution in [1.82, 2.24) is 4.90 Å². The summed E-state index contributed by atoms with van der Waals surface area (Å²) in [6.45, 7) is 8.21. The summed E-state index contributed by atoms with van der Waals surface area (Å²) in [5.41, 5.74) is 4.00. The Kier molecular flexibility index (Phi) is 4.21. The summed E-state index contributed by atoms with van der Waals surface area (Å²) in [5, 5.41) is 12.1. The van der Waals surface area contributed by atoms with Crippen LogP contribution in [0, 0.1) is 26.7 Å². The van der Waals surface area contributed by atoms with Gasteiger partial charge in [0, 0.05) is 18.3 Å². The molecule has 21 heavy (non-hydrogen) atoms. The summed E-state index contributed by atoms with van der Waals surface area (Å²) < 4.78 is 0. The third-order valence-electron chi connectivity index (χ3n) is 4.24. The molecule has 2 N–H and O–H groups in total. The first-order valence-corrected chi connectivity index (χ1v) is 7.19. The zero-order chi connectivity index (χ0) is 15.7. The van der Waals surface area contributed by atoms with Gasteiger partial charge in [-0.1, -0.05) is 17.7 Å². The number of urea groups is 1. The lowest BCUT2D eigenvalue weighted by Gasteiger charge is -2.24. The van der Waals surface area contributed by atoms with Gasteiger partial charge in [-0.3, -0.25) is 4.79 Å². The van der Waals surface area contributed by atoms with Gasteiger partial charge in [-0.05, 0) is 45.2 Å². The minimum atomic E-state index is -0.833. The van der Waals surface area contributed by atoms with Gasteiger partial charge < -0.3 is 15.3 Å². The third kappa shape index (κ3) is 3.01. The maximum atomic E-state index is 12.4. The van der Waals surface area contributed by atoms with Crippen LogP contribution in [0.2, 0.25) is 0 Å². The Morgan fingerprint density at radius 3 is 2.29 bits per heavy atom. The normalized spacial score (nSPS) is 21.4. The highest BCUT2D eigenvalue weighted by Gasteiger charge is 2.38. The number of carbonyl (C=O) groups is 2. The van der Waals surface area contributed by atoms with Gasteiger partial charge >= 0.3 is 12.0 Å². The number of amides is 2. The molecule has 1 aliphatic heterocycles. The van der Waals surface area contributed by atoms with E-state index in [1.165, 1.54) is 0 Å². The Bertz CT molecular complexity index is 560. The molecule has 2 atom stereocenters. The minimum Gasteiger partial charge on any atom is -0.481 e. The van der Waals surface area contributed by atoms with Gasteiger partial charge in [0.15, 0.2) is 0 Å². The topological polar surface area (TPSA) is 69.6 Å². The second-order valence-electron chi connectivity index (χ2n) is 5.87. The van der Waals surface area contributed by atoms with Crippen LogP contribution in [-0.4, -0.2) is 34.6 Å². The molecule has 1 aromatic carbocycles. The number of hydrogen-bond acceptors (Lipinski definition) is 2. The van der Waals surface area contributed by atoms with E-state index in [4.69, 9.17) is 5.11 Å². The third-order valence-corrected chi connectivity index (χ3v) is 4.24. The molecular formula is C16H22N2O3. The molecule has 0 saturated carbocycles. The number of nitrogens with one attached hydrogen (secondary N) is 1. The van der Waals surface area contributed by atoms with Crippen LogP contribution in [0.25, 0.3) is 0 Å². The fraction of sp³-hybridized carbons (Fsp3) is 0.500. The van der Waals surface area contributed by atoms with Gasteiger partial charge in [-0.15, -0.1) is 0 Å². The van der Waals surface area contributed by atoms with E-state index in [2.05, 4.69) is 5.32 Å². The molecule has 0 aliphatic carbocycles. The summed E-state index contributed by atoms with van der Waals surface area (Å²) in [6, 6.07) is 3.54. The Hall–Kier alpha value is -2.04. The SMILES string of the molecule is Cc1cc(C)c(NC(=O)N2CCC(C(=O)O)C2C)c(C)c1. The molecular weight excluding hydrogens is 268 g/mol. The van der Waals surface area contributed by atoms with Crippen molar-refractivity contribution < 1.29 is 14.7 Å². The first-order valence-electron chi connectivity index (χ1n) is 7.19. The molecule has 1 fully saturated rings. The Balaban J connectivity index is 2.15. The van der Waals surface area contributed by atoms with Crippen molar-refractivity contribution in [3.8, 4) is 0 Å². The quantitative estimate of drug-likeness (QED) is 0.879. The predicted octanol–water partition coefficient (Wildman–Crippen LogP) is 2.94. The van der Waals surface area contributed by atoms with E-state index in [-0.39, 0.29) is 12.1 Å². The van der Waals surface area contributed by atoms with Gasteiger partial charge in [0.1, 0.15) is 0 Å². The molecule has 0 radical (unpaired) electrons. The monoisotopic (exact) mass is 290 g/mol. The van der Waals surface area contributed by atoms with Crippen LogP contribution in [0.3, 0.4) is 0 Å². The van der Waals surface area contributed by atoms with Crippen molar-refractivity contribution in [3.05, 3.63) is 28.8 Å². The second kappa shape index (κ2) is 5.76. The van der Waals surface area contributed by atoms with Crippen molar-refractivity contribution in [2.45, 2.75) is 40.2 Å². The molecule has 2 unspecified atom stereocenters. The number of carboxylic acid groups (broad SMARTS) is 1. The van der Waals surface area contributed by atoms with E-state index in [9.17, 15) is 9.59 Å². The van der Waals surface area contributed by atoms with Gasteiger partial charge in [0.25, 0.3) is 0 Å². The molecule has 2 amide bonds. The Morgan fingerprint density at radius 2 is 1.81 bits per heavy atom. The van der Waals surface area contributed by atoms with Crippen LogP contribution in [0.1, 0.15) is 30.0 Å². The minimum absolute atomic E-state index is 0.221. The van der Waals surface area contributed by atoms with Gasteiger partial charge in [0.2, 0.25) is 0 Å². The molecule has 0 spiro atoms. The summed E-state index contributed by atoms with van der Waals surface area (Å²) in [7, 11) is 0. The van der Waals surface area contributed by atoms with Crippen molar-refractivity contribution in [3.63, 3.8) is 0 Å². The molecule has 1 aromatic rings. The van der Waals surface area contributed by atoms with Crippen molar-refractivity contribution >= 4 is 17.7 Å². The molecule has 1 saturated heterocycles. The molecule has 0 bridgehead atoms. The number of carboxylic acids is 1.